The summed E-state index contributed by atoms with van der Waals surface area (Å²) in [5.74, 6) is -5.59. The third kappa shape index (κ3) is 6.80. The topological polar surface area (TPSA) is 155 Å². The van der Waals surface area contributed by atoms with Gasteiger partial charge in [0.2, 0.25) is 0 Å². The number of hydrogen-bond acceptors (Lipinski definition) is 10. The number of hydrogen-bond donors (Lipinski definition) is 2. The van der Waals surface area contributed by atoms with E-state index in [1.165, 1.54) is 6.92 Å². The Hall–Kier alpha value is -5.13. The first-order valence-electron chi connectivity index (χ1n) is 20.5. The fourth-order valence-electron chi connectivity index (χ4n) is 10.9. The molecular weight excluding hydrogens is 751 g/mol. The van der Waals surface area contributed by atoms with Gasteiger partial charge >= 0.3 is 17.9 Å². The van der Waals surface area contributed by atoms with E-state index in [2.05, 4.69) is 5.32 Å². The van der Waals surface area contributed by atoms with Crippen molar-refractivity contribution in [1.82, 2.24) is 5.32 Å². The highest BCUT2D eigenvalue weighted by Gasteiger charge is 2.77. The molecule has 4 aliphatic rings. The van der Waals surface area contributed by atoms with Crippen LogP contribution in [0.5, 0.6) is 0 Å². The van der Waals surface area contributed by atoms with Gasteiger partial charge in [-0.05, 0) is 67.2 Å². The van der Waals surface area contributed by atoms with Gasteiger partial charge in [-0.2, -0.15) is 0 Å². The highest BCUT2D eigenvalue weighted by atomic mass is 16.6. The Bertz CT molecular complexity index is 2150. The molecule has 1 saturated heterocycles. The largest absolute Gasteiger partial charge is 0.457 e. The lowest BCUT2D eigenvalue weighted by Crippen LogP contribution is -2.80. The van der Waals surface area contributed by atoms with Crippen LogP contribution in [0.4, 0.5) is 0 Å². The number of fused-ring (bicyclic) bond motifs is 5. The van der Waals surface area contributed by atoms with Crippen LogP contribution in [-0.2, 0) is 33.3 Å². The van der Waals surface area contributed by atoms with E-state index in [0.717, 1.165) is 0 Å². The molecule has 2 saturated carbocycles. The number of carbonyl (C=O) groups excluding carboxylic acids is 5. The summed E-state index contributed by atoms with van der Waals surface area (Å²) in [5.41, 5.74) is -3.37. The fraction of sp³-hybridized carbons (Fsp3) is 0.479. The van der Waals surface area contributed by atoms with Gasteiger partial charge in [0, 0.05) is 35.7 Å². The Morgan fingerprint density at radius 1 is 0.864 bits per heavy atom. The smallest absolute Gasteiger partial charge is 0.338 e. The summed E-state index contributed by atoms with van der Waals surface area (Å²) in [4.78, 5) is 70.7. The van der Waals surface area contributed by atoms with Crippen LogP contribution in [0.25, 0.3) is 0 Å². The predicted molar refractivity (Wildman–Crippen MR) is 218 cm³/mol. The summed E-state index contributed by atoms with van der Waals surface area (Å²) in [6.07, 6.45) is -2.96. The number of esters is 3. The van der Waals surface area contributed by atoms with E-state index < -0.39 is 82.0 Å². The van der Waals surface area contributed by atoms with Crippen LogP contribution in [-0.4, -0.2) is 70.8 Å². The normalized spacial score (nSPS) is 33.0. The van der Waals surface area contributed by atoms with E-state index in [4.69, 9.17) is 18.9 Å². The Morgan fingerprint density at radius 2 is 1.44 bits per heavy atom. The van der Waals surface area contributed by atoms with Gasteiger partial charge in [-0.3, -0.25) is 19.2 Å². The van der Waals surface area contributed by atoms with Crippen molar-refractivity contribution < 1.29 is 48.0 Å². The molecule has 7 rings (SSSR count). The average Bonchev–Trinajstić information content (AvgIpc) is 3.21. The summed E-state index contributed by atoms with van der Waals surface area (Å²) in [5, 5.41) is 16.8. The minimum absolute atomic E-state index is 0.0605. The molecule has 0 radical (unpaired) electrons. The van der Waals surface area contributed by atoms with Gasteiger partial charge in [-0.25, -0.2) is 4.79 Å². The first-order chi connectivity index (χ1) is 27.9. The second kappa shape index (κ2) is 15.5. The molecule has 2 bridgehead atoms. The standard InChI is InChI=1S/C48H55NO10/c1-27-24-36-47(26-56-36,59-31(5)50)39-41(58-44(54)34-22-16-11-17-23-34)48(55)25-35(28(2)37(45(48,6)7)29(3)40(51)46(27,39)8)57-43(53)30(4)38(32-18-12-9-13-19-32)49-42(52)33-20-14-10-15-21-33/h9-23,27,29-30,35-36,38-39,41,55H,24-26H2,1-8H3,(H,49,52)/t27?,29-,30-,35+,36?,38-,39+,41+,46?,47+,48?/m1/s1. The highest BCUT2D eigenvalue weighted by Crippen LogP contribution is 2.66. The van der Waals surface area contributed by atoms with Crippen LogP contribution in [0.15, 0.2) is 102 Å². The highest BCUT2D eigenvalue weighted by molar-refractivity contribution is 5.95. The van der Waals surface area contributed by atoms with Gasteiger partial charge < -0.3 is 29.4 Å². The van der Waals surface area contributed by atoms with E-state index in [1.807, 2.05) is 77.9 Å². The first kappa shape index (κ1) is 42.0. The molecule has 3 aromatic rings. The number of aliphatic hydroxyl groups is 1. The molecule has 0 aromatic heterocycles. The van der Waals surface area contributed by atoms with Crippen molar-refractivity contribution in [1.29, 1.82) is 0 Å². The number of Topliss-reactive ketones (excluding diaryl/α,β-unsaturated/α-hetero) is 1. The Kier molecular flexibility index (Phi) is 11.0. The maximum absolute atomic E-state index is 15.4. The zero-order valence-corrected chi connectivity index (χ0v) is 35.0. The molecular formula is C48H55NO10. The van der Waals surface area contributed by atoms with Gasteiger partial charge in [0.25, 0.3) is 5.91 Å². The fourth-order valence-corrected chi connectivity index (χ4v) is 10.9. The summed E-state index contributed by atoms with van der Waals surface area (Å²) in [6, 6.07) is 25.5. The third-order valence-corrected chi connectivity index (χ3v) is 14.3. The molecule has 11 heteroatoms. The van der Waals surface area contributed by atoms with Crippen LogP contribution < -0.4 is 5.32 Å². The molecule has 4 unspecified atom stereocenters. The molecule has 1 heterocycles. The third-order valence-electron chi connectivity index (χ3n) is 14.3. The van der Waals surface area contributed by atoms with Crippen molar-refractivity contribution in [3.63, 3.8) is 0 Å². The molecule has 0 spiro atoms. The number of nitrogens with one attached hydrogen (secondary N) is 1. The van der Waals surface area contributed by atoms with Crippen molar-refractivity contribution in [2.24, 2.45) is 34.5 Å². The van der Waals surface area contributed by atoms with E-state index in [0.29, 0.717) is 28.7 Å². The minimum atomic E-state index is -1.99. The Morgan fingerprint density at radius 3 is 2.00 bits per heavy atom. The van der Waals surface area contributed by atoms with Crippen molar-refractivity contribution in [3.05, 3.63) is 119 Å². The molecule has 3 aromatic carbocycles. The molecule has 3 fully saturated rings. The van der Waals surface area contributed by atoms with Crippen LogP contribution in [0.3, 0.4) is 0 Å². The molecule has 11 atom stereocenters. The maximum Gasteiger partial charge on any atom is 0.338 e. The van der Waals surface area contributed by atoms with Crippen LogP contribution in [0.1, 0.15) is 101 Å². The Labute approximate surface area is 345 Å². The van der Waals surface area contributed by atoms with E-state index >= 15 is 4.79 Å². The molecule has 1 aliphatic heterocycles. The van der Waals surface area contributed by atoms with Gasteiger partial charge in [-0.15, -0.1) is 0 Å². The second-order valence-corrected chi connectivity index (χ2v) is 17.8. The van der Waals surface area contributed by atoms with Gasteiger partial charge in [0.15, 0.2) is 5.60 Å². The Balaban J connectivity index is 1.34. The summed E-state index contributed by atoms with van der Waals surface area (Å²) >= 11 is 0. The predicted octanol–water partition coefficient (Wildman–Crippen LogP) is 6.99. The van der Waals surface area contributed by atoms with E-state index in [1.54, 1.807) is 61.5 Å². The zero-order chi connectivity index (χ0) is 42.7. The SMILES string of the molecule is CC(=O)O[C@@]12COC1CC(C)C1(C)C(=O)[C@H](C)C3=C(C)[C@@H](OC(=O)[C@H](C)[C@@H](NC(=O)c4ccccc4)c4ccccc4)CC(O)([C@@H](OC(=O)c4ccccc4)[C@@H]12)C3(C)C. The zero-order valence-electron chi connectivity index (χ0n) is 35.0. The average molecular weight is 806 g/mol. The number of ether oxygens (including phenoxy) is 4. The van der Waals surface area contributed by atoms with Crippen molar-refractivity contribution in [2.75, 3.05) is 6.61 Å². The summed E-state index contributed by atoms with van der Waals surface area (Å²) in [7, 11) is 0. The van der Waals surface area contributed by atoms with Gasteiger partial charge in [0.05, 0.1) is 30.0 Å². The number of carbonyl (C=O) groups is 5. The maximum atomic E-state index is 15.4. The van der Waals surface area contributed by atoms with E-state index in [9.17, 15) is 24.3 Å². The lowest BCUT2D eigenvalue weighted by atomic mass is 9.42. The number of rotatable bonds is 9. The monoisotopic (exact) mass is 805 g/mol. The lowest BCUT2D eigenvalue weighted by Gasteiger charge is -2.68. The number of benzene rings is 3. The molecule has 2 N–H and O–H groups in total. The molecule has 1 amide bonds. The van der Waals surface area contributed by atoms with E-state index in [-0.39, 0.29) is 36.2 Å². The lowest BCUT2D eigenvalue weighted by molar-refractivity contribution is -0.339. The van der Waals surface area contributed by atoms with Crippen LogP contribution >= 0.6 is 0 Å². The second-order valence-electron chi connectivity index (χ2n) is 17.8. The summed E-state index contributed by atoms with van der Waals surface area (Å²) < 4.78 is 25.3. The van der Waals surface area contributed by atoms with Crippen LogP contribution in [0.2, 0.25) is 0 Å². The van der Waals surface area contributed by atoms with Crippen LogP contribution in [0, 0.1) is 34.5 Å². The van der Waals surface area contributed by atoms with Crippen molar-refractivity contribution >= 4 is 29.6 Å². The van der Waals surface area contributed by atoms with Crippen molar-refractivity contribution in [3.8, 4) is 0 Å². The number of amides is 1. The van der Waals surface area contributed by atoms with Crippen molar-refractivity contribution in [2.45, 2.75) is 104 Å². The minimum Gasteiger partial charge on any atom is -0.457 e. The molecule has 11 nitrogen and oxygen atoms in total. The summed E-state index contributed by atoms with van der Waals surface area (Å²) in [6.45, 7) is 14.0. The molecule has 3 aliphatic carbocycles. The molecule has 59 heavy (non-hydrogen) atoms. The van der Waals surface area contributed by atoms with Gasteiger partial charge in [-0.1, -0.05) is 101 Å². The molecule has 312 valence electrons. The quantitative estimate of drug-likeness (QED) is 0.131. The van der Waals surface area contributed by atoms with Gasteiger partial charge in [0.1, 0.15) is 29.7 Å². The number of ketones is 1. The first-order valence-corrected chi connectivity index (χ1v) is 20.5.